The fourth-order valence-electron chi connectivity index (χ4n) is 2.00. The molecule has 2 aromatic heterocycles. The Labute approximate surface area is 137 Å². The minimum Gasteiger partial charge on any atom is -0.494 e. The van der Waals surface area contributed by atoms with E-state index in [1.54, 1.807) is 11.8 Å². The maximum absolute atomic E-state index is 5.50. The van der Waals surface area contributed by atoms with E-state index in [1.165, 1.54) is 11.8 Å². The van der Waals surface area contributed by atoms with Gasteiger partial charge >= 0.3 is 0 Å². The lowest BCUT2D eigenvalue weighted by Gasteiger charge is -2.09. The standard InChI is InChI=1S/C14H16N6O2S/c1-4-12-15-16-13(22-12)8-23-14-17-18-19-20(14)10-7-9(2)5-6-11(10)21-3/h5-7H,4,8H2,1-3H3. The average Bonchev–Trinajstić information content (AvgIpc) is 3.21. The van der Waals surface area contributed by atoms with Gasteiger partial charge in [-0.15, -0.1) is 15.3 Å². The molecule has 0 amide bonds. The van der Waals surface area contributed by atoms with Crippen LogP contribution in [0.3, 0.4) is 0 Å². The van der Waals surface area contributed by atoms with Crippen LogP contribution in [0.25, 0.3) is 5.69 Å². The Hall–Kier alpha value is -2.42. The predicted octanol–water partition coefficient (Wildman–Crippen LogP) is 2.22. The van der Waals surface area contributed by atoms with Crippen LogP contribution >= 0.6 is 11.8 Å². The number of nitrogens with zero attached hydrogens (tertiary/aromatic N) is 6. The van der Waals surface area contributed by atoms with E-state index in [1.807, 2.05) is 32.0 Å². The first-order chi connectivity index (χ1) is 11.2. The molecule has 0 aliphatic rings. The molecule has 0 aliphatic heterocycles. The van der Waals surface area contributed by atoms with Gasteiger partial charge in [-0.2, -0.15) is 4.68 Å². The van der Waals surface area contributed by atoms with E-state index in [2.05, 4.69) is 25.7 Å². The zero-order valence-corrected chi connectivity index (χ0v) is 13.9. The summed E-state index contributed by atoms with van der Waals surface area (Å²) in [6, 6.07) is 5.84. The van der Waals surface area contributed by atoms with Gasteiger partial charge in [0.2, 0.25) is 16.9 Å². The van der Waals surface area contributed by atoms with Crippen molar-refractivity contribution < 1.29 is 9.15 Å². The second-order valence-corrected chi connectivity index (χ2v) is 5.72. The Morgan fingerprint density at radius 1 is 1.22 bits per heavy atom. The topological polar surface area (TPSA) is 91.8 Å². The van der Waals surface area contributed by atoms with Crippen molar-refractivity contribution in [1.82, 2.24) is 30.4 Å². The van der Waals surface area contributed by atoms with Crippen molar-refractivity contribution in [3.8, 4) is 11.4 Å². The fraction of sp³-hybridized carbons (Fsp3) is 0.357. The SMILES string of the molecule is CCc1nnc(CSc2nnnn2-c2cc(C)ccc2OC)o1. The summed E-state index contributed by atoms with van der Waals surface area (Å²) in [6.45, 7) is 3.97. The third-order valence-corrected chi connectivity index (χ3v) is 4.04. The molecule has 3 aromatic rings. The number of ether oxygens (including phenoxy) is 1. The molecule has 8 nitrogen and oxygen atoms in total. The molecule has 0 bridgehead atoms. The van der Waals surface area contributed by atoms with Gasteiger partial charge in [-0.25, -0.2) is 0 Å². The molecule has 2 heterocycles. The summed E-state index contributed by atoms with van der Waals surface area (Å²) >= 11 is 1.43. The van der Waals surface area contributed by atoms with Crippen LogP contribution in [0.15, 0.2) is 27.8 Å². The highest BCUT2D eigenvalue weighted by Crippen LogP contribution is 2.28. The van der Waals surface area contributed by atoms with E-state index < -0.39 is 0 Å². The molecule has 0 radical (unpaired) electrons. The van der Waals surface area contributed by atoms with Crippen molar-refractivity contribution in [2.45, 2.75) is 31.2 Å². The number of hydrogen-bond donors (Lipinski definition) is 0. The quantitative estimate of drug-likeness (QED) is 0.635. The summed E-state index contributed by atoms with van der Waals surface area (Å²) in [5.41, 5.74) is 1.89. The smallest absolute Gasteiger partial charge is 0.226 e. The Kier molecular flexibility index (Phi) is 4.56. The van der Waals surface area contributed by atoms with Crippen LogP contribution in [0.4, 0.5) is 0 Å². The minimum absolute atomic E-state index is 0.501. The summed E-state index contributed by atoms with van der Waals surface area (Å²) in [7, 11) is 1.62. The van der Waals surface area contributed by atoms with Gasteiger partial charge in [-0.3, -0.25) is 0 Å². The molecule has 0 spiro atoms. The number of methoxy groups -OCH3 is 1. The summed E-state index contributed by atoms with van der Waals surface area (Å²) in [5.74, 6) is 2.38. The number of aromatic nitrogens is 6. The summed E-state index contributed by atoms with van der Waals surface area (Å²) in [6.07, 6.45) is 0.718. The van der Waals surface area contributed by atoms with Crippen LogP contribution in [0, 0.1) is 6.92 Å². The lowest BCUT2D eigenvalue weighted by molar-refractivity contribution is 0.410. The van der Waals surface area contributed by atoms with Gasteiger partial charge in [0.15, 0.2) is 0 Å². The van der Waals surface area contributed by atoms with Gasteiger partial charge in [-0.05, 0) is 35.0 Å². The van der Waals surface area contributed by atoms with E-state index in [-0.39, 0.29) is 0 Å². The number of benzene rings is 1. The zero-order chi connectivity index (χ0) is 16.2. The third-order valence-electron chi connectivity index (χ3n) is 3.14. The minimum atomic E-state index is 0.501. The van der Waals surface area contributed by atoms with Crippen molar-refractivity contribution in [1.29, 1.82) is 0 Å². The highest BCUT2D eigenvalue weighted by atomic mass is 32.2. The van der Waals surface area contributed by atoms with Crippen LogP contribution in [0.5, 0.6) is 5.75 Å². The van der Waals surface area contributed by atoms with Crippen molar-refractivity contribution in [3.05, 3.63) is 35.5 Å². The molecule has 0 saturated heterocycles. The van der Waals surface area contributed by atoms with Gasteiger partial charge in [0.1, 0.15) is 11.4 Å². The second kappa shape index (κ2) is 6.78. The molecule has 120 valence electrons. The van der Waals surface area contributed by atoms with E-state index in [4.69, 9.17) is 9.15 Å². The molecule has 0 fully saturated rings. The highest BCUT2D eigenvalue weighted by molar-refractivity contribution is 7.98. The first-order valence-electron chi connectivity index (χ1n) is 7.08. The first-order valence-corrected chi connectivity index (χ1v) is 8.07. The molecule has 23 heavy (non-hydrogen) atoms. The van der Waals surface area contributed by atoms with Crippen LogP contribution in [0.2, 0.25) is 0 Å². The normalized spacial score (nSPS) is 10.9. The van der Waals surface area contributed by atoms with E-state index in [9.17, 15) is 0 Å². The summed E-state index contributed by atoms with van der Waals surface area (Å²) < 4.78 is 12.5. The summed E-state index contributed by atoms with van der Waals surface area (Å²) in [5, 5.41) is 20.4. The molecule has 0 saturated carbocycles. The molecular formula is C14H16N6O2S. The van der Waals surface area contributed by atoms with E-state index >= 15 is 0 Å². The number of thioether (sulfide) groups is 1. The molecule has 1 aromatic carbocycles. The van der Waals surface area contributed by atoms with E-state index in [0.29, 0.717) is 28.4 Å². The predicted molar refractivity (Wildman–Crippen MR) is 83.7 cm³/mol. The number of tetrazole rings is 1. The zero-order valence-electron chi connectivity index (χ0n) is 13.1. The number of aryl methyl sites for hydroxylation is 2. The largest absolute Gasteiger partial charge is 0.494 e. The third kappa shape index (κ3) is 3.34. The van der Waals surface area contributed by atoms with Crippen molar-refractivity contribution in [2.24, 2.45) is 0 Å². The molecular weight excluding hydrogens is 316 g/mol. The van der Waals surface area contributed by atoms with Gasteiger partial charge in [0, 0.05) is 6.42 Å². The van der Waals surface area contributed by atoms with Crippen molar-refractivity contribution >= 4 is 11.8 Å². The number of rotatable bonds is 6. The average molecular weight is 332 g/mol. The molecule has 0 unspecified atom stereocenters. The first kappa shape index (κ1) is 15.5. The molecule has 3 rings (SSSR count). The maximum Gasteiger partial charge on any atom is 0.226 e. The Bertz CT molecular complexity index is 800. The lowest BCUT2D eigenvalue weighted by atomic mass is 10.2. The summed E-state index contributed by atoms with van der Waals surface area (Å²) in [4.78, 5) is 0. The fourth-order valence-corrected chi connectivity index (χ4v) is 2.72. The Morgan fingerprint density at radius 2 is 2.04 bits per heavy atom. The Balaban J connectivity index is 1.83. The molecule has 0 aliphatic carbocycles. The van der Waals surface area contributed by atoms with Crippen LogP contribution in [0.1, 0.15) is 24.3 Å². The van der Waals surface area contributed by atoms with Crippen LogP contribution < -0.4 is 4.74 Å². The second-order valence-electron chi connectivity index (χ2n) is 4.78. The Morgan fingerprint density at radius 3 is 2.78 bits per heavy atom. The monoisotopic (exact) mass is 332 g/mol. The molecule has 9 heteroatoms. The van der Waals surface area contributed by atoms with Gasteiger partial charge in [0.05, 0.1) is 12.9 Å². The van der Waals surface area contributed by atoms with Gasteiger partial charge < -0.3 is 9.15 Å². The van der Waals surface area contributed by atoms with E-state index in [0.717, 1.165) is 17.7 Å². The highest BCUT2D eigenvalue weighted by Gasteiger charge is 2.15. The number of hydrogen-bond acceptors (Lipinski definition) is 8. The van der Waals surface area contributed by atoms with Crippen molar-refractivity contribution in [2.75, 3.05) is 7.11 Å². The van der Waals surface area contributed by atoms with Crippen molar-refractivity contribution in [3.63, 3.8) is 0 Å². The lowest BCUT2D eigenvalue weighted by Crippen LogP contribution is -2.02. The van der Waals surface area contributed by atoms with Crippen LogP contribution in [-0.4, -0.2) is 37.5 Å². The molecule has 0 N–H and O–H groups in total. The van der Waals surface area contributed by atoms with Crippen LogP contribution in [-0.2, 0) is 12.2 Å². The van der Waals surface area contributed by atoms with Gasteiger partial charge in [-0.1, -0.05) is 24.8 Å². The molecule has 0 atom stereocenters. The van der Waals surface area contributed by atoms with Gasteiger partial charge in [0.25, 0.3) is 0 Å². The maximum atomic E-state index is 5.50.